The second-order valence-corrected chi connectivity index (χ2v) is 5.69. The number of amides is 1. The molecular formula is C16H26N4O2. The minimum absolute atomic E-state index is 0.000389. The Morgan fingerprint density at radius 3 is 2.82 bits per heavy atom. The molecule has 0 radical (unpaired) electrons. The third kappa shape index (κ3) is 5.16. The quantitative estimate of drug-likeness (QED) is 0.781. The average molecular weight is 306 g/mol. The summed E-state index contributed by atoms with van der Waals surface area (Å²) in [5, 5.41) is 2.83. The van der Waals surface area contributed by atoms with Crippen molar-refractivity contribution in [2.24, 2.45) is 0 Å². The standard InChI is InChI=1S/C16H26N4O2/c1-3-4-8-17-14(21)12-22-15-11-13(2)18-16(19-15)20-9-6-5-7-10-20/h11H,3-10,12H2,1-2H3,(H,17,21). The van der Waals surface area contributed by atoms with Gasteiger partial charge in [-0.2, -0.15) is 4.98 Å². The number of carbonyl (C=O) groups is 1. The lowest BCUT2D eigenvalue weighted by Gasteiger charge is -2.26. The summed E-state index contributed by atoms with van der Waals surface area (Å²) in [6, 6.07) is 1.77. The molecule has 0 aliphatic carbocycles. The summed E-state index contributed by atoms with van der Waals surface area (Å²) >= 11 is 0. The number of unbranched alkanes of at least 4 members (excludes halogenated alkanes) is 1. The summed E-state index contributed by atoms with van der Waals surface area (Å²) in [6.45, 7) is 6.68. The summed E-state index contributed by atoms with van der Waals surface area (Å²) in [6.07, 6.45) is 5.66. The SMILES string of the molecule is CCCCNC(=O)COc1cc(C)nc(N2CCCCC2)n1. The van der Waals surface area contributed by atoms with Gasteiger partial charge in [-0.05, 0) is 32.6 Å². The molecule has 0 aromatic carbocycles. The highest BCUT2D eigenvalue weighted by Gasteiger charge is 2.15. The number of rotatable bonds is 7. The summed E-state index contributed by atoms with van der Waals surface area (Å²) < 4.78 is 5.52. The molecule has 0 spiro atoms. The van der Waals surface area contributed by atoms with Crippen LogP contribution in [0, 0.1) is 6.92 Å². The van der Waals surface area contributed by atoms with Crippen molar-refractivity contribution in [3.05, 3.63) is 11.8 Å². The van der Waals surface area contributed by atoms with Gasteiger partial charge in [-0.3, -0.25) is 4.79 Å². The molecule has 1 aliphatic rings. The van der Waals surface area contributed by atoms with Gasteiger partial charge in [-0.1, -0.05) is 13.3 Å². The molecule has 122 valence electrons. The molecule has 6 heteroatoms. The Morgan fingerprint density at radius 2 is 2.09 bits per heavy atom. The number of aromatic nitrogens is 2. The van der Waals surface area contributed by atoms with E-state index in [0.717, 1.165) is 31.6 Å². The van der Waals surface area contributed by atoms with Gasteiger partial charge in [-0.15, -0.1) is 0 Å². The van der Waals surface area contributed by atoms with E-state index < -0.39 is 0 Å². The van der Waals surface area contributed by atoms with Gasteiger partial charge in [0, 0.05) is 31.4 Å². The van der Waals surface area contributed by atoms with Gasteiger partial charge >= 0.3 is 0 Å². The van der Waals surface area contributed by atoms with Crippen molar-refractivity contribution in [1.29, 1.82) is 0 Å². The van der Waals surface area contributed by atoms with Crippen LogP contribution in [0.25, 0.3) is 0 Å². The average Bonchev–Trinajstić information content (AvgIpc) is 2.53. The summed E-state index contributed by atoms with van der Waals surface area (Å²) in [7, 11) is 0. The predicted molar refractivity (Wildman–Crippen MR) is 86.2 cm³/mol. The molecule has 0 unspecified atom stereocenters. The molecule has 1 N–H and O–H groups in total. The molecule has 22 heavy (non-hydrogen) atoms. The van der Waals surface area contributed by atoms with Crippen molar-refractivity contribution in [3.8, 4) is 5.88 Å². The third-order valence-electron chi connectivity index (χ3n) is 3.66. The lowest BCUT2D eigenvalue weighted by molar-refractivity contribution is -0.123. The molecule has 1 saturated heterocycles. The zero-order chi connectivity index (χ0) is 15.8. The lowest BCUT2D eigenvalue weighted by atomic mass is 10.1. The van der Waals surface area contributed by atoms with Gasteiger partial charge in [0.15, 0.2) is 6.61 Å². The molecule has 1 amide bonds. The number of hydrogen-bond acceptors (Lipinski definition) is 5. The van der Waals surface area contributed by atoms with E-state index in [4.69, 9.17) is 4.74 Å². The second kappa shape index (κ2) is 8.56. The van der Waals surface area contributed by atoms with Crippen LogP contribution in [-0.2, 0) is 4.79 Å². The van der Waals surface area contributed by atoms with Crippen LogP contribution in [0.2, 0.25) is 0 Å². The molecule has 2 heterocycles. The van der Waals surface area contributed by atoms with Crippen molar-refractivity contribution in [2.75, 3.05) is 31.1 Å². The Hall–Kier alpha value is -1.85. The first-order valence-corrected chi connectivity index (χ1v) is 8.19. The lowest BCUT2D eigenvalue weighted by Crippen LogP contribution is -2.32. The maximum Gasteiger partial charge on any atom is 0.258 e. The second-order valence-electron chi connectivity index (χ2n) is 5.69. The van der Waals surface area contributed by atoms with Crippen LogP contribution in [0.4, 0.5) is 5.95 Å². The van der Waals surface area contributed by atoms with E-state index in [1.807, 2.05) is 6.92 Å². The minimum Gasteiger partial charge on any atom is -0.467 e. The monoisotopic (exact) mass is 306 g/mol. The molecule has 1 fully saturated rings. The van der Waals surface area contributed by atoms with Crippen molar-refractivity contribution in [2.45, 2.75) is 46.0 Å². The van der Waals surface area contributed by atoms with E-state index >= 15 is 0 Å². The van der Waals surface area contributed by atoms with Gasteiger partial charge in [0.25, 0.3) is 5.91 Å². The zero-order valence-corrected chi connectivity index (χ0v) is 13.6. The van der Waals surface area contributed by atoms with Gasteiger partial charge in [0.05, 0.1) is 0 Å². The van der Waals surface area contributed by atoms with E-state index in [1.165, 1.54) is 19.3 Å². The Bertz CT molecular complexity index is 487. The highest BCUT2D eigenvalue weighted by atomic mass is 16.5. The largest absolute Gasteiger partial charge is 0.467 e. The van der Waals surface area contributed by atoms with Crippen molar-refractivity contribution in [3.63, 3.8) is 0 Å². The first-order chi connectivity index (χ1) is 10.7. The van der Waals surface area contributed by atoms with Crippen LogP contribution >= 0.6 is 0 Å². The van der Waals surface area contributed by atoms with E-state index in [2.05, 4.69) is 27.1 Å². The van der Waals surface area contributed by atoms with E-state index in [0.29, 0.717) is 18.4 Å². The minimum atomic E-state index is -0.107. The Balaban J connectivity index is 1.90. The molecule has 0 saturated carbocycles. The number of hydrogen-bond donors (Lipinski definition) is 1. The normalized spacial score (nSPS) is 14.7. The molecule has 1 aliphatic heterocycles. The molecule has 0 atom stereocenters. The van der Waals surface area contributed by atoms with Gasteiger partial charge in [0.2, 0.25) is 11.8 Å². The Labute approximate surface area is 132 Å². The number of anilines is 1. The topological polar surface area (TPSA) is 67.3 Å². The molecule has 1 aromatic heterocycles. The van der Waals surface area contributed by atoms with E-state index in [1.54, 1.807) is 6.07 Å². The fourth-order valence-corrected chi connectivity index (χ4v) is 2.43. The Morgan fingerprint density at radius 1 is 1.32 bits per heavy atom. The van der Waals surface area contributed by atoms with Crippen molar-refractivity contribution < 1.29 is 9.53 Å². The van der Waals surface area contributed by atoms with Gasteiger partial charge in [-0.25, -0.2) is 4.98 Å². The summed E-state index contributed by atoms with van der Waals surface area (Å²) in [4.78, 5) is 22.8. The first kappa shape index (κ1) is 16.5. The maximum atomic E-state index is 11.7. The van der Waals surface area contributed by atoms with Crippen LogP contribution in [0.3, 0.4) is 0 Å². The smallest absolute Gasteiger partial charge is 0.258 e. The maximum absolute atomic E-state index is 11.7. The summed E-state index contributed by atoms with van der Waals surface area (Å²) in [5.41, 5.74) is 0.858. The highest BCUT2D eigenvalue weighted by molar-refractivity contribution is 5.77. The fraction of sp³-hybridized carbons (Fsp3) is 0.688. The molecule has 0 bridgehead atoms. The number of nitrogens with zero attached hydrogens (tertiary/aromatic N) is 3. The number of carbonyl (C=O) groups excluding carboxylic acids is 1. The molecule has 1 aromatic rings. The van der Waals surface area contributed by atoms with Crippen LogP contribution in [-0.4, -0.2) is 42.1 Å². The Kier molecular flexibility index (Phi) is 6.43. The van der Waals surface area contributed by atoms with E-state index in [9.17, 15) is 4.79 Å². The van der Waals surface area contributed by atoms with Gasteiger partial charge < -0.3 is 15.0 Å². The predicted octanol–water partition coefficient (Wildman–Crippen LogP) is 2.07. The molecule has 2 rings (SSSR count). The number of aryl methyl sites for hydroxylation is 1. The summed E-state index contributed by atoms with van der Waals surface area (Å²) in [5.74, 6) is 1.07. The molecular weight excluding hydrogens is 280 g/mol. The van der Waals surface area contributed by atoms with Crippen molar-refractivity contribution in [1.82, 2.24) is 15.3 Å². The van der Waals surface area contributed by atoms with Crippen LogP contribution in [0.15, 0.2) is 6.07 Å². The van der Waals surface area contributed by atoms with E-state index in [-0.39, 0.29) is 12.5 Å². The van der Waals surface area contributed by atoms with Crippen LogP contribution < -0.4 is 15.0 Å². The highest BCUT2D eigenvalue weighted by Crippen LogP contribution is 2.19. The first-order valence-electron chi connectivity index (χ1n) is 8.19. The third-order valence-corrected chi connectivity index (χ3v) is 3.66. The van der Waals surface area contributed by atoms with Crippen LogP contribution in [0.1, 0.15) is 44.7 Å². The van der Waals surface area contributed by atoms with Crippen LogP contribution in [0.5, 0.6) is 5.88 Å². The zero-order valence-electron chi connectivity index (χ0n) is 13.6. The van der Waals surface area contributed by atoms with Crippen molar-refractivity contribution >= 4 is 11.9 Å². The number of nitrogens with one attached hydrogen (secondary N) is 1. The number of ether oxygens (including phenoxy) is 1. The fourth-order valence-electron chi connectivity index (χ4n) is 2.43. The van der Waals surface area contributed by atoms with Gasteiger partial charge in [0.1, 0.15) is 0 Å². The molecule has 6 nitrogen and oxygen atoms in total. The number of piperidine rings is 1.